The highest BCUT2D eigenvalue weighted by Crippen LogP contribution is 2.37. The van der Waals surface area contributed by atoms with Gasteiger partial charge in [0, 0.05) is 18.5 Å². The summed E-state index contributed by atoms with van der Waals surface area (Å²) in [4.78, 5) is 23.8. The number of aromatic nitrogens is 2. The minimum Gasteiger partial charge on any atom is -0.494 e. The van der Waals surface area contributed by atoms with E-state index in [0.29, 0.717) is 17.4 Å². The number of rotatable bonds is 6. The number of carbonyl (C=O) groups excluding carboxylic acids is 1. The van der Waals surface area contributed by atoms with Gasteiger partial charge in [0.15, 0.2) is 5.13 Å². The first-order chi connectivity index (χ1) is 14.7. The standard InChI is InChI=1S/C24H21N3O2S/c1-17-10-12-20(29-2)22-23(17)30-24(26-22)27(16-19-9-6-14-25-15-19)21(28)13-11-18-7-4-3-5-8-18/h3-15H,16H2,1-2H3. The zero-order valence-corrected chi connectivity index (χ0v) is 17.6. The number of carbonyl (C=O) groups is 1. The highest BCUT2D eigenvalue weighted by atomic mass is 32.1. The van der Waals surface area contributed by atoms with Gasteiger partial charge in [-0.3, -0.25) is 14.7 Å². The van der Waals surface area contributed by atoms with Crippen LogP contribution in [0.25, 0.3) is 16.3 Å². The second-order valence-electron chi connectivity index (χ2n) is 6.79. The number of hydrogen-bond acceptors (Lipinski definition) is 5. The monoisotopic (exact) mass is 415 g/mol. The molecule has 0 saturated carbocycles. The highest BCUT2D eigenvalue weighted by molar-refractivity contribution is 7.22. The van der Waals surface area contributed by atoms with E-state index in [4.69, 9.17) is 9.72 Å². The minimum absolute atomic E-state index is 0.140. The van der Waals surface area contributed by atoms with Crippen molar-refractivity contribution in [2.24, 2.45) is 0 Å². The van der Waals surface area contributed by atoms with E-state index in [0.717, 1.165) is 26.9 Å². The Hall–Kier alpha value is -3.51. The number of ether oxygens (including phenoxy) is 1. The number of fused-ring (bicyclic) bond motifs is 1. The molecule has 0 spiro atoms. The average Bonchev–Trinajstić information content (AvgIpc) is 3.24. The number of hydrogen-bond donors (Lipinski definition) is 0. The lowest BCUT2D eigenvalue weighted by molar-refractivity contribution is -0.114. The number of nitrogens with zero attached hydrogens (tertiary/aromatic N) is 3. The topological polar surface area (TPSA) is 55.3 Å². The van der Waals surface area contributed by atoms with Crippen molar-refractivity contribution in [2.75, 3.05) is 12.0 Å². The molecule has 0 aliphatic rings. The third-order valence-corrected chi connectivity index (χ3v) is 5.90. The van der Waals surface area contributed by atoms with Crippen LogP contribution in [0.4, 0.5) is 5.13 Å². The number of anilines is 1. The molecule has 0 fully saturated rings. The maximum Gasteiger partial charge on any atom is 0.253 e. The summed E-state index contributed by atoms with van der Waals surface area (Å²) >= 11 is 1.49. The number of aryl methyl sites for hydroxylation is 1. The molecule has 5 nitrogen and oxygen atoms in total. The molecule has 0 N–H and O–H groups in total. The molecule has 4 rings (SSSR count). The summed E-state index contributed by atoms with van der Waals surface area (Å²) in [5, 5.41) is 0.629. The second kappa shape index (κ2) is 8.88. The fourth-order valence-corrected chi connectivity index (χ4v) is 4.17. The van der Waals surface area contributed by atoms with Gasteiger partial charge in [0.2, 0.25) is 0 Å². The summed E-state index contributed by atoms with van der Waals surface area (Å²) in [6, 6.07) is 17.5. The Morgan fingerprint density at radius 1 is 1.13 bits per heavy atom. The van der Waals surface area contributed by atoms with E-state index in [2.05, 4.69) is 4.98 Å². The van der Waals surface area contributed by atoms with Crippen LogP contribution in [0.2, 0.25) is 0 Å². The normalized spacial score (nSPS) is 11.1. The predicted octanol–water partition coefficient (Wildman–Crippen LogP) is 5.25. The van der Waals surface area contributed by atoms with Crippen LogP contribution in [0.15, 0.2) is 73.1 Å². The lowest BCUT2D eigenvalue weighted by Crippen LogP contribution is -2.28. The van der Waals surface area contributed by atoms with Crippen LogP contribution in [0.3, 0.4) is 0 Å². The molecule has 30 heavy (non-hydrogen) atoms. The van der Waals surface area contributed by atoms with Crippen LogP contribution < -0.4 is 9.64 Å². The molecule has 2 heterocycles. The number of amides is 1. The highest BCUT2D eigenvalue weighted by Gasteiger charge is 2.20. The fraction of sp³-hybridized carbons (Fsp3) is 0.125. The van der Waals surface area contributed by atoms with E-state index in [1.54, 1.807) is 30.5 Å². The van der Waals surface area contributed by atoms with Gasteiger partial charge in [-0.2, -0.15) is 0 Å². The molecule has 0 aliphatic carbocycles. The number of methoxy groups -OCH3 is 1. The zero-order valence-electron chi connectivity index (χ0n) is 16.8. The van der Waals surface area contributed by atoms with Gasteiger partial charge in [-0.05, 0) is 41.8 Å². The van der Waals surface area contributed by atoms with E-state index in [-0.39, 0.29) is 5.91 Å². The summed E-state index contributed by atoms with van der Waals surface area (Å²) in [7, 11) is 1.63. The Balaban J connectivity index is 1.73. The van der Waals surface area contributed by atoms with Gasteiger partial charge in [0.1, 0.15) is 11.3 Å². The molecule has 0 atom stereocenters. The Morgan fingerprint density at radius 3 is 2.70 bits per heavy atom. The molecule has 0 radical (unpaired) electrons. The molecular formula is C24H21N3O2S. The summed E-state index contributed by atoms with van der Waals surface area (Å²) < 4.78 is 6.49. The quantitative estimate of drug-likeness (QED) is 0.403. The zero-order chi connectivity index (χ0) is 20.9. The SMILES string of the molecule is COc1ccc(C)c2sc(N(Cc3cccnc3)C(=O)C=Cc3ccccc3)nc12. The van der Waals surface area contributed by atoms with Gasteiger partial charge in [-0.15, -0.1) is 0 Å². The first-order valence-electron chi connectivity index (χ1n) is 9.53. The minimum atomic E-state index is -0.140. The van der Waals surface area contributed by atoms with E-state index in [1.807, 2.05) is 67.6 Å². The Bertz CT molecular complexity index is 1190. The molecule has 0 unspecified atom stereocenters. The predicted molar refractivity (Wildman–Crippen MR) is 122 cm³/mol. The lowest BCUT2D eigenvalue weighted by Gasteiger charge is -2.18. The first-order valence-corrected chi connectivity index (χ1v) is 10.3. The van der Waals surface area contributed by atoms with Gasteiger partial charge in [-0.25, -0.2) is 4.98 Å². The molecule has 150 valence electrons. The van der Waals surface area contributed by atoms with Gasteiger partial charge in [0.25, 0.3) is 5.91 Å². The van der Waals surface area contributed by atoms with Crippen molar-refractivity contribution in [2.45, 2.75) is 13.5 Å². The van der Waals surface area contributed by atoms with Gasteiger partial charge >= 0.3 is 0 Å². The summed E-state index contributed by atoms with van der Waals surface area (Å²) in [5.74, 6) is 0.560. The van der Waals surface area contributed by atoms with Crippen molar-refractivity contribution >= 4 is 38.7 Å². The van der Waals surface area contributed by atoms with Crippen LogP contribution in [0.1, 0.15) is 16.7 Å². The largest absolute Gasteiger partial charge is 0.494 e. The second-order valence-corrected chi connectivity index (χ2v) is 7.77. The summed E-state index contributed by atoms with van der Waals surface area (Å²) in [6.07, 6.45) is 6.89. The molecule has 0 saturated heterocycles. The molecule has 2 aromatic heterocycles. The summed E-state index contributed by atoms with van der Waals surface area (Å²) in [6.45, 7) is 2.42. The first kappa shape index (κ1) is 19.8. The average molecular weight is 416 g/mol. The van der Waals surface area contributed by atoms with E-state index in [1.165, 1.54) is 11.3 Å². The van der Waals surface area contributed by atoms with Crippen LogP contribution in [0, 0.1) is 6.92 Å². The Kier molecular flexibility index (Phi) is 5.86. The van der Waals surface area contributed by atoms with Gasteiger partial charge in [0.05, 0.1) is 18.4 Å². The van der Waals surface area contributed by atoms with Crippen molar-refractivity contribution in [1.29, 1.82) is 0 Å². The van der Waals surface area contributed by atoms with Crippen LogP contribution in [0.5, 0.6) is 5.75 Å². The number of thiazole rings is 1. The molecule has 0 aliphatic heterocycles. The molecular weight excluding hydrogens is 394 g/mol. The van der Waals surface area contributed by atoms with Crippen molar-refractivity contribution in [1.82, 2.24) is 9.97 Å². The van der Waals surface area contributed by atoms with Crippen molar-refractivity contribution in [3.63, 3.8) is 0 Å². The molecule has 4 aromatic rings. The summed E-state index contributed by atoms with van der Waals surface area (Å²) in [5.41, 5.74) is 3.77. The Morgan fingerprint density at radius 2 is 1.97 bits per heavy atom. The van der Waals surface area contributed by atoms with Crippen molar-refractivity contribution in [3.05, 3.63) is 89.8 Å². The third kappa shape index (κ3) is 4.23. The maximum atomic E-state index is 13.2. The number of benzene rings is 2. The molecule has 6 heteroatoms. The molecule has 0 bridgehead atoms. The third-order valence-electron chi connectivity index (χ3n) is 4.69. The van der Waals surface area contributed by atoms with E-state index >= 15 is 0 Å². The van der Waals surface area contributed by atoms with E-state index < -0.39 is 0 Å². The van der Waals surface area contributed by atoms with Crippen molar-refractivity contribution < 1.29 is 9.53 Å². The Labute approximate surface area is 179 Å². The van der Waals surface area contributed by atoms with Crippen LogP contribution in [-0.4, -0.2) is 23.0 Å². The maximum absolute atomic E-state index is 13.2. The van der Waals surface area contributed by atoms with Gasteiger partial charge < -0.3 is 4.74 Å². The fourth-order valence-electron chi connectivity index (χ4n) is 3.11. The molecule has 1 amide bonds. The van der Waals surface area contributed by atoms with Crippen LogP contribution >= 0.6 is 11.3 Å². The smallest absolute Gasteiger partial charge is 0.253 e. The lowest BCUT2D eigenvalue weighted by atomic mass is 10.2. The van der Waals surface area contributed by atoms with Crippen LogP contribution in [-0.2, 0) is 11.3 Å². The van der Waals surface area contributed by atoms with Gasteiger partial charge in [-0.1, -0.05) is 53.8 Å². The molecule has 2 aromatic carbocycles. The van der Waals surface area contributed by atoms with Crippen molar-refractivity contribution in [3.8, 4) is 5.75 Å². The number of pyridine rings is 1. The van der Waals surface area contributed by atoms with E-state index in [9.17, 15) is 4.79 Å².